The van der Waals surface area contributed by atoms with E-state index in [1.165, 1.54) is 6.42 Å². The Labute approximate surface area is 97.2 Å². The van der Waals surface area contributed by atoms with Crippen LogP contribution in [0, 0.1) is 5.92 Å². The zero-order valence-electron chi connectivity index (χ0n) is 9.58. The van der Waals surface area contributed by atoms with Crippen LogP contribution in [-0.2, 0) is 6.54 Å². The monoisotopic (exact) mass is 229 g/mol. The Hall–Kier alpha value is -0.470. The van der Waals surface area contributed by atoms with Gasteiger partial charge in [-0.25, -0.2) is 0 Å². The van der Waals surface area contributed by atoms with Gasteiger partial charge in [-0.3, -0.25) is 4.90 Å². The Morgan fingerprint density at radius 2 is 2.27 bits per heavy atom. The highest BCUT2D eigenvalue weighted by atomic mass is 35.5. The molecular weight excluding hydrogens is 210 g/mol. The second-order valence-electron chi connectivity index (χ2n) is 4.19. The van der Waals surface area contributed by atoms with Crippen LogP contribution in [0.5, 0.6) is 0 Å². The summed E-state index contributed by atoms with van der Waals surface area (Å²) in [6.45, 7) is 4.24. The van der Waals surface area contributed by atoms with Gasteiger partial charge in [0.1, 0.15) is 5.76 Å². The van der Waals surface area contributed by atoms with Crippen molar-refractivity contribution in [3.8, 4) is 0 Å². The molecule has 1 rings (SSSR count). The minimum atomic E-state index is 0.710. The van der Waals surface area contributed by atoms with Crippen molar-refractivity contribution in [3.05, 3.63) is 24.2 Å². The zero-order chi connectivity index (χ0) is 11.1. The molecular formula is C12H20ClNO. The number of hydrogen-bond acceptors (Lipinski definition) is 2. The van der Waals surface area contributed by atoms with Gasteiger partial charge in [-0.2, -0.15) is 0 Å². The van der Waals surface area contributed by atoms with Gasteiger partial charge in [-0.15, -0.1) is 11.6 Å². The summed E-state index contributed by atoms with van der Waals surface area (Å²) in [7, 11) is 2.12. The van der Waals surface area contributed by atoms with Gasteiger partial charge in [0.05, 0.1) is 12.8 Å². The van der Waals surface area contributed by atoms with E-state index in [1.54, 1.807) is 6.26 Å². The predicted molar refractivity (Wildman–Crippen MR) is 64.2 cm³/mol. The van der Waals surface area contributed by atoms with E-state index >= 15 is 0 Å². The lowest BCUT2D eigenvalue weighted by molar-refractivity contribution is 0.273. The summed E-state index contributed by atoms with van der Waals surface area (Å²) in [6, 6.07) is 3.94. The number of rotatable bonds is 7. The molecule has 1 unspecified atom stereocenters. The molecule has 3 heteroatoms. The average molecular weight is 230 g/mol. The summed E-state index contributed by atoms with van der Waals surface area (Å²) in [5.74, 6) is 2.51. The molecule has 0 spiro atoms. The molecule has 0 fully saturated rings. The first-order valence-corrected chi connectivity index (χ1v) is 6.02. The van der Waals surface area contributed by atoms with Crippen LogP contribution in [0.15, 0.2) is 22.8 Å². The third-order valence-corrected chi connectivity index (χ3v) is 2.83. The second kappa shape index (κ2) is 6.91. The topological polar surface area (TPSA) is 16.4 Å². The van der Waals surface area contributed by atoms with E-state index in [4.69, 9.17) is 16.0 Å². The van der Waals surface area contributed by atoms with Gasteiger partial charge in [0.25, 0.3) is 0 Å². The van der Waals surface area contributed by atoms with Gasteiger partial charge in [0, 0.05) is 5.88 Å². The normalized spacial score (nSPS) is 13.3. The fraction of sp³-hybridized carbons (Fsp3) is 0.667. The Balaban J connectivity index is 2.16. The summed E-state index contributed by atoms with van der Waals surface area (Å²) < 4.78 is 5.30. The van der Waals surface area contributed by atoms with Gasteiger partial charge in [0.2, 0.25) is 0 Å². The molecule has 1 aromatic heterocycles. The van der Waals surface area contributed by atoms with Gasteiger partial charge < -0.3 is 4.42 Å². The maximum atomic E-state index is 5.70. The molecule has 0 aromatic carbocycles. The summed E-state index contributed by atoms with van der Waals surface area (Å²) in [4.78, 5) is 2.28. The number of furan rings is 1. The molecule has 0 saturated carbocycles. The van der Waals surface area contributed by atoms with E-state index in [-0.39, 0.29) is 0 Å². The lowest BCUT2D eigenvalue weighted by Gasteiger charge is -2.17. The first-order valence-electron chi connectivity index (χ1n) is 5.49. The highest BCUT2D eigenvalue weighted by Crippen LogP contribution is 2.10. The quantitative estimate of drug-likeness (QED) is 0.667. The summed E-state index contributed by atoms with van der Waals surface area (Å²) in [5, 5.41) is 0. The van der Waals surface area contributed by atoms with E-state index in [0.29, 0.717) is 5.92 Å². The average Bonchev–Trinajstić information content (AvgIpc) is 2.68. The van der Waals surface area contributed by atoms with Crippen LogP contribution < -0.4 is 0 Å². The summed E-state index contributed by atoms with van der Waals surface area (Å²) in [6.07, 6.45) is 4.03. The van der Waals surface area contributed by atoms with Crippen molar-refractivity contribution in [3.63, 3.8) is 0 Å². The van der Waals surface area contributed by atoms with Crippen molar-refractivity contribution in [1.29, 1.82) is 0 Å². The van der Waals surface area contributed by atoms with Gasteiger partial charge in [-0.05, 0) is 44.5 Å². The fourth-order valence-electron chi connectivity index (χ4n) is 1.52. The first-order chi connectivity index (χ1) is 7.22. The molecule has 0 bridgehead atoms. The molecule has 15 heavy (non-hydrogen) atoms. The van der Waals surface area contributed by atoms with E-state index in [0.717, 1.165) is 31.2 Å². The Kier molecular flexibility index (Phi) is 5.81. The van der Waals surface area contributed by atoms with Crippen LogP contribution in [0.2, 0.25) is 0 Å². The number of hydrogen-bond donors (Lipinski definition) is 0. The standard InChI is InChI=1S/C12H20ClNO/c1-11(5-7-13)6-8-14(2)10-12-4-3-9-15-12/h3-4,9,11H,5-8,10H2,1-2H3. The van der Waals surface area contributed by atoms with Crippen LogP contribution in [-0.4, -0.2) is 24.4 Å². The highest BCUT2D eigenvalue weighted by molar-refractivity contribution is 6.17. The van der Waals surface area contributed by atoms with Crippen molar-refractivity contribution in [2.45, 2.75) is 26.3 Å². The Morgan fingerprint density at radius 1 is 1.47 bits per heavy atom. The van der Waals surface area contributed by atoms with E-state index < -0.39 is 0 Å². The Bertz CT molecular complexity index is 248. The molecule has 1 aromatic rings. The van der Waals surface area contributed by atoms with Crippen molar-refractivity contribution in [2.75, 3.05) is 19.5 Å². The number of halogens is 1. The van der Waals surface area contributed by atoms with Crippen molar-refractivity contribution >= 4 is 11.6 Å². The minimum absolute atomic E-state index is 0.710. The smallest absolute Gasteiger partial charge is 0.117 e. The molecule has 0 aliphatic rings. The third kappa shape index (κ3) is 5.24. The zero-order valence-corrected chi connectivity index (χ0v) is 10.3. The van der Waals surface area contributed by atoms with Crippen LogP contribution in [0.25, 0.3) is 0 Å². The largest absolute Gasteiger partial charge is 0.468 e. The SMILES string of the molecule is CC(CCCl)CCN(C)Cc1ccco1. The minimum Gasteiger partial charge on any atom is -0.468 e. The lowest BCUT2D eigenvalue weighted by atomic mass is 10.1. The molecule has 0 saturated heterocycles. The van der Waals surface area contributed by atoms with Gasteiger partial charge >= 0.3 is 0 Å². The summed E-state index contributed by atoms with van der Waals surface area (Å²) in [5.41, 5.74) is 0. The molecule has 2 nitrogen and oxygen atoms in total. The fourth-order valence-corrected chi connectivity index (χ4v) is 1.89. The Morgan fingerprint density at radius 3 is 2.87 bits per heavy atom. The van der Waals surface area contributed by atoms with Crippen LogP contribution in [0.3, 0.4) is 0 Å². The van der Waals surface area contributed by atoms with Crippen molar-refractivity contribution < 1.29 is 4.42 Å². The predicted octanol–water partition coefficient (Wildman–Crippen LogP) is 3.37. The van der Waals surface area contributed by atoms with Crippen LogP contribution in [0.1, 0.15) is 25.5 Å². The summed E-state index contributed by atoms with van der Waals surface area (Å²) >= 11 is 5.70. The van der Waals surface area contributed by atoms with E-state index in [2.05, 4.69) is 18.9 Å². The molecule has 1 heterocycles. The lowest BCUT2D eigenvalue weighted by Crippen LogP contribution is -2.20. The molecule has 0 radical (unpaired) electrons. The third-order valence-electron chi connectivity index (χ3n) is 2.61. The van der Waals surface area contributed by atoms with Crippen LogP contribution in [0.4, 0.5) is 0 Å². The molecule has 86 valence electrons. The molecule has 1 atom stereocenters. The van der Waals surface area contributed by atoms with Crippen molar-refractivity contribution in [1.82, 2.24) is 4.90 Å². The van der Waals surface area contributed by atoms with Crippen LogP contribution >= 0.6 is 11.6 Å². The van der Waals surface area contributed by atoms with E-state index in [1.807, 2.05) is 12.1 Å². The van der Waals surface area contributed by atoms with Gasteiger partial charge in [0.15, 0.2) is 0 Å². The van der Waals surface area contributed by atoms with E-state index in [9.17, 15) is 0 Å². The molecule has 0 N–H and O–H groups in total. The number of alkyl halides is 1. The van der Waals surface area contributed by atoms with Gasteiger partial charge in [-0.1, -0.05) is 6.92 Å². The maximum absolute atomic E-state index is 5.70. The number of nitrogens with zero attached hydrogens (tertiary/aromatic N) is 1. The highest BCUT2D eigenvalue weighted by Gasteiger charge is 2.05. The van der Waals surface area contributed by atoms with Crippen molar-refractivity contribution in [2.24, 2.45) is 5.92 Å². The second-order valence-corrected chi connectivity index (χ2v) is 4.57. The molecule has 0 aliphatic carbocycles. The first kappa shape index (κ1) is 12.6. The molecule has 0 aliphatic heterocycles. The molecule has 0 amide bonds. The maximum Gasteiger partial charge on any atom is 0.117 e.